The van der Waals surface area contributed by atoms with Crippen LogP contribution >= 0.6 is 0 Å². The van der Waals surface area contributed by atoms with Crippen LogP contribution in [0.15, 0.2) is 24.3 Å². The lowest BCUT2D eigenvalue weighted by atomic mass is 9.80. The first-order chi connectivity index (χ1) is 13.2. The number of rotatable bonds is 12. The number of Topliss-reactive ketones (excluding diaryl/α,β-unsaturated/α-hetero) is 1. The molecule has 0 amide bonds. The fourth-order valence-corrected chi connectivity index (χ4v) is 3.74. The van der Waals surface area contributed by atoms with Gasteiger partial charge in [0.2, 0.25) is 0 Å². The lowest BCUT2D eigenvalue weighted by Gasteiger charge is -2.29. The van der Waals surface area contributed by atoms with Gasteiger partial charge in [-0.1, -0.05) is 58.3 Å². The molecular formula is C23H38O5. The number of unbranched alkanes of at least 4 members (excludes halogenated alkanes) is 3. The highest BCUT2D eigenvalue weighted by Gasteiger charge is 2.39. The van der Waals surface area contributed by atoms with Crippen LogP contribution in [0, 0.1) is 17.3 Å². The Morgan fingerprint density at radius 3 is 2.68 bits per heavy atom. The van der Waals surface area contributed by atoms with E-state index in [0.29, 0.717) is 6.42 Å². The van der Waals surface area contributed by atoms with Crippen LogP contribution in [0.4, 0.5) is 0 Å². The molecular weight excluding hydrogens is 356 g/mol. The molecule has 160 valence electrons. The Labute approximate surface area is 169 Å². The summed E-state index contributed by atoms with van der Waals surface area (Å²) in [4.78, 5) is 23.3. The first-order valence-corrected chi connectivity index (χ1v) is 10.5. The molecule has 1 aliphatic carbocycles. The zero-order valence-electron chi connectivity index (χ0n) is 17.9. The summed E-state index contributed by atoms with van der Waals surface area (Å²) in [6.07, 6.45) is 12.0. The Morgan fingerprint density at radius 2 is 2.04 bits per heavy atom. The average molecular weight is 395 g/mol. The number of aliphatic hydroxyl groups excluding tert-OH is 2. The van der Waals surface area contributed by atoms with Crippen molar-refractivity contribution in [3.8, 4) is 0 Å². The second kappa shape index (κ2) is 12.2. The van der Waals surface area contributed by atoms with Crippen molar-refractivity contribution < 1.29 is 24.5 Å². The van der Waals surface area contributed by atoms with E-state index in [-0.39, 0.29) is 35.4 Å². The Balaban J connectivity index is 2.57. The molecule has 5 heteroatoms. The monoisotopic (exact) mass is 394 g/mol. The Kier molecular flexibility index (Phi) is 10.7. The molecule has 2 N–H and O–H groups in total. The van der Waals surface area contributed by atoms with Gasteiger partial charge in [0.05, 0.1) is 19.3 Å². The summed E-state index contributed by atoms with van der Waals surface area (Å²) in [5.74, 6) is -0.678. The van der Waals surface area contributed by atoms with E-state index in [1.54, 1.807) is 12.2 Å². The van der Waals surface area contributed by atoms with Gasteiger partial charge in [-0.3, -0.25) is 4.79 Å². The summed E-state index contributed by atoms with van der Waals surface area (Å²) in [5.41, 5.74) is -0.221. The van der Waals surface area contributed by atoms with E-state index < -0.39 is 12.2 Å². The van der Waals surface area contributed by atoms with Gasteiger partial charge in [0, 0.05) is 24.3 Å². The van der Waals surface area contributed by atoms with Gasteiger partial charge in [-0.15, -0.1) is 0 Å². The van der Waals surface area contributed by atoms with E-state index in [9.17, 15) is 19.8 Å². The van der Waals surface area contributed by atoms with Crippen LogP contribution in [-0.2, 0) is 14.3 Å². The zero-order valence-corrected chi connectivity index (χ0v) is 17.9. The fourth-order valence-electron chi connectivity index (χ4n) is 3.74. The molecule has 28 heavy (non-hydrogen) atoms. The molecule has 0 bridgehead atoms. The number of allylic oxidation sites excluding steroid dienone is 1. The molecule has 4 atom stereocenters. The van der Waals surface area contributed by atoms with Crippen molar-refractivity contribution in [1.29, 1.82) is 0 Å². The number of carbonyl (C=O) groups is 2. The highest BCUT2D eigenvalue weighted by Crippen LogP contribution is 2.35. The molecule has 0 aromatic carbocycles. The minimum absolute atomic E-state index is 0.104. The predicted octanol–water partition coefficient (Wildman–Crippen LogP) is 3.98. The van der Waals surface area contributed by atoms with Crippen molar-refractivity contribution in [2.24, 2.45) is 17.3 Å². The topological polar surface area (TPSA) is 83.8 Å². The van der Waals surface area contributed by atoms with Crippen molar-refractivity contribution in [3.05, 3.63) is 24.3 Å². The number of aliphatic hydroxyl groups is 2. The molecule has 0 aliphatic heterocycles. The molecule has 2 unspecified atom stereocenters. The zero-order chi connectivity index (χ0) is 21.2. The van der Waals surface area contributed by atoms with Gasteiger partial charge in [0.25, 0.3) is 0 Å². The normalized spacial score (nSPS) is 24.4. The molecule has 0 aromatic rings. The lowest BCUT2D eigenvalue weighted by Crippen LogP contribution is -2.28. The maximum atomic E-state index is 12.3. The summed E-state index contributed by atoms with van der Waals surface area (Å²) < 4.78 is 4.54. The molecule has 1 aliphatic rings. The lowest BCUT2D eigenvalue weighted by molar-refractivity contribution is -0.134. The molecule has 0 saturated heterocycles. The van der Waals surface area contributed by atoms with Crippen LogP contribution < -0.4 is 0 Å². The van der Waals surface area contributed by atoms with Gasteiger partial charge in [0.1, 0.15) is 5.78 Å². The molecule has 0 radical (unpaired) electrons. The molecule has 1 rings (SSSR count). The molecule has 1 saturated carbocycles. The van der Waals surface area contributed by atoms with Crippen LogP contribution in [0.2, 0.25) is 0 Å². The molecule has 0 spiro atoms. The van der Waals surface area contributed by atoms with Crippen molar-refractivity contribution in [3.63, 3.8) is 0 Å². The highest BCUT2D eigenvalue weighted by atomic mass is 16.5. The van der Waals surface area contributed by atoms with Crippen molar-refractivity contribution >= 4 is 11.8 Å². The first-order valence-electron chi connectivity index (χ1n) is 10.5. The van der Waals surface area contributed by atoms with E-state index in [4.69, 9.17) is 0 Å². The van der Waals surface area contributed by atoms with Gasteiger partial charge in [0.15, 0.2) is 0 Å². The van der Waals surface area contributed by atoms with Crippen molar-refractivity contribution in [2.45, 2.75) is 84.3 Å². The van der Waals surface area contributed by atoms with Crippen molar-refractivity contribution in [2.75, 3.05) is 7.11 Å². The molecule has 0 heterocycles. The SMILES string of the molecule is CCCCC(C)(C)C(O)C=C[C@H]1C(O)CC(=O)[C@@H]1CCCCC=CC(=O)OC. The first kappa shape index (κ1) is 24.6. The van der Waals surface area contributed by atoms with Crippen LogP contribution in [0.1, 0.15) is 72.1 Å². The summed E-state index contributed by atoms with van der Waals surface area (Å²) in [7, 11) is 1.35. The number of esters is 1. The summed E-state index contributed by atoms with van der Waals surface area (Å²) in [5, 5.41) is 20.8. The molecule has 0 aromatic heterocycles. The second-order valence-corrected chi connectivity index (χ2v) is 8.55. The summed E-state index contributed by atoms with van der Waals surface area (Å²) in [6, 6.07) is 0. The third-order valence-corrected chi connectivity index (χ3v) is 5.81. The maximum Gasteiger partial charge on any atom is 0.330 e. The van der Waals surface area contributed by atoms with Gasteiger partial charge in [-0.25, -0.2) is 4.79 Å². The number of methoxy groups -OCH3 is 1. The summed E-state index contributed by atoms with van der Waals surface area (Å²) in [6.45, 7) is 6.23. The number of hydrogen-bond acceptors (Lipinski definition) is 5. The van der Waals surface area contributed by atoms with Gasteiger partial charge < -0.3 is 14.9 Å². The van der Waals surface area contributed by atoms with Gasteiger partial charge >= 0.3 is 5.97 Å². The van der Waals surface area contributed by atoms with E-state index in [2.05, 4.69) is 11.7 Å². The van der Waals surface area contributed by atoms with E-state index in [1.165, 1.54) is 13.2 Å². The minimum Gasteiger partial charge on any atom is -0.466 e. The Morgan fingerprint density at radius 1 is 1.32 bits per heavy atom. The smallest absolute Gasteiger partial charge is 0.330 e. The van der Waals surface area contributed by atoms with E-state index in [0.717, 1.165) is 38.5 Å². The predicted molar refractivity (Wildman–Crippen MR) is 111 cm³/mol. The Hall–Kier alpha value is -1.46. The van der Waals surface area contributed by atoms with Crippen LogP contribution in [0.25, 0.3) is 0 Å². The quantitative estimate of drug-likeness (QED) is 0.226. The highest BCUT2D eigenvalue weighted by molar-refractivity contribution is 5.84. The number of carbonyl (C=O) groups excluding carboxylic acids is 2. The van der Waals surface area contributed by atoms with Crippen LogP contribution in [-0.4, -0.2) is 41.3 Å². The fraction of sp³-hybridized carbons (Fsp3) is 0.739. The number of ether oxygens (including phenoxy) is 1. The third-order valence-electron chi connectivity index (χ3n) is 5.81. The molecule has 1 fully saturated rings. The van der Waals surface area contributed by atoms with Gasteiger partial charge in [-0.05, 0) is 31.1 Å². The van der Waals surface area contributed by atoms with E-state index in [1.807, 2.05) is 19.9 Å². The van der Waals surface area contributed by atoms with Crippen molar-refractivity contribution in [1.82, 2.24) is 0 Å². The maximum absolute atomic E-state index is 12.3. The van der Waals surface area contributed by atoms with Crippen LogP contribution in [0.5, 0.6) is 0 Å². The summed E-state index contributed by atoms with van der Waals surface area (Å²) >= 11 is 0. The third kappa shape index (κ3) is 7.88. The average Bonchev–Trinajstić information content (AvgIpc) is 2.93. The standard InChI is InChI=1S/C23H38O5/c1-5-6-15-23(2,3)21(26)14-13-18-17(19(24)16-20(18)25)11-9-7-8-10-12-22(27)28-4/h10,12-14,17-18,20-21,25-26H,5-9,11,15-16H2,1-4H3/t17-,18-,20?,21?/m1/s1. The second-order valence-electron chi connectivity index (χ2n) is 8.55. The number of ketones is 1. The number of hydrogen-bond donors (Lipinski definition) is 2. The van der Waals surface area contributed by atoms with E-state index >= 15 is 0 Å². The molecule has 5 nitrogen and oxygen atoms in total. The van der Waals surface area contributed by atoms with Gasteiger partial charge in [-0.2, -0.15) is 0 Å². The van der Waals surface area contributed by atoms with Crippen LogP contribution in [0.3, 0.4) is 0 Å². The minimum atomic E-state index is -0.668. The largest absolute Gasteiger partial charge is 0.466 e. The Bertz CT molecular complexity index is 549.